The highest BCUT2D eigenvalue weighted by Crippen LogP contribution is 2.39. The topological polar surface area (TPSA) is 0 Å². The van der Waals surface area contributed by atoms with Gasteiger partial charge in [-0.15, -0.1) is 0 Å². The third kappa shape index (κ3) is 2.24. The predicted octanol–water partition coefficient (Wildman–Crippen LogP) is 3.68. The summed E-state index contributed by atoms with van der Waals surface area (Å²) in [6, 6.07) is 7.71. The van der Waals surface area contributed by atoms with Crippen molar-refractivity contribution < 1.29 is 13.2 Å². The minimum Gasteiger partial charge on any atom is -0.169 e. The van der Waals surface area contributed by atoms with Crippen molar-refractivity contribution in [2.45, 2.75) is 11.0 Å². The first kappa shape index (κ1) is 9.58. The highest BCUT2D eigenvalue weighted by molar-refractivity contribution is 9.09. The SMILES string of the molecule is FC(F)(F)[C@@H](Br)c1ccccc1. The summed E-state index contributed by atoms with van der Waals surface area (Å²) in [6.45, 7) is 0. The summed E-state index contributed by atoms with van der Waals surface area (Å²) in [6.07, 6.45) is -4.22. The first-order valence-corrected chi connectivity index (χ1v) is 4.19. The van der Waals surface area contributed by atoms with E-state index in [9.17, 15) is 13.2 Å². The van der Waals surface area contributed by atoms with Crippen LogP contribution in [0.5, 0.6) is 0 Å². The highest BCUT2D eigenvalue weighted by Gasteiger charge is 2.38. The number of halogens is 4. The number of alkyl halides is 4. The Kier molecular flexibility index (Phi) is 2.77. The van der Waals surface area contributed by atoms with Crippen LogP contribution in [-0.4, -0.2) is 6.18 Å². The molecule has 0 nitrogen and oxygen atoms in total. The van der Waals surface area contributed by atoms with Crippen molar-refractivity contribution in [3.63, 3.8) is 0 Å². The van der Waals surface area contributed by atoms with Crippen LogP contribution in [0, 0.1) is 0 Å². The normalized spacial score (nSPS) is 14.3. The number of benzene rings is 1. The van der Waals surface area contributed by atoms with Crippen LogP contribution < -0.4 is 0 Å². The highest BCUT2D eigenvalue weighted by atomic mass is 79.9. The van der Waals surface area contributed by atoms with E-state index in [4.69, 9.17) is 0 Å². The predicted molar refractivity (Wildman–Crippen MR) is 44.2 cm³/mol. The van der Waals surface area contributed by atoms with Gasteiger partial charge in [0.05, 0.1) is 0 Å². The Morgan fingerprint density at radius 2 is 1.58 bits per heavy atom. The molecule has 0 aromatic heterocycles. The van der Waals surface area contributed by atoms with Crippen molar-refractivity contribution in [3.8, 4) is 0 Å². The quantitative estimate of drug-likeness (QED) is 0.655. The van der Waals surface area contributed by atoms with Crippen LogP contribution in [0.25, 0.3) is 0 Å². The van der Waals surface area contributed by atoms with Crippen molar-refractivity contribution in [1.29, 1.82) is 0 Å². The molecule has 1 rings (SSSR count). The zero-order chi connectivity index (χ0) is 9.19. The smallest absolute Gasteiger partial charge is 0.169 e. The molecule has 4 heteroatoms. The average molecular weight is 239 g/mol. The molecule has 0 radical (unpaired) electrons. The third-order valence-corrected chi connectivity index (χ3v) is 2.43. The van der Waals surface area contributed by atoms with Crippen LogP contribution in [0.3, 0.4) is 0 Å². The van der Waals surface area contributed by atoms with Crippen molar-refractivity contribution in [1.82, 2.24) is 0 Å². The van der Waals surface area contributed by atoms with Crippen LogP contribution in [0.2, 0.25) is 0 Å². The second-order valence-electron chi connectivity index (χ2n) is 2.31. The molecule has 0 aliphatic carbocycles. The van der Waals surface area contributed by atoms with Crippen LogP contribution in [0.1, 0.15) is 10.4 Å². The van der Waals surface area contributed by atoms with Gasteiger partial charge in [0.15, 0.2) is 0 Å². The Morgan fingerprint density at radius 1 is 1.08 bits per heavy atom. The fraction of sp³-hybridized carbons (Fsp3) is 0.250. The van der Waals surface area contributed by atoms with Crippen LogP contribution in [0.15, 0.2) is 30.3 Å². The van der Waals surface area contributed by atoms with Gasteiger partial charge in [0, 0.05) is 0 Å². The Bertz CT molecular complexity index is 242. The fourth-order valence-corrected chi connectivity index (χ4v) is 1.12. The first-order valence-electron chi connectivity index (χ1n) is 3.27. The van der Waals surface area contributed by atoms with Crippen molar-refractivity contribution in [2.24, 2.45) is 0 Å². The molecular formula is C8H6BrF3. The second-order valence-corrected chi connectivity index (χ2v) is 3.23. The fourth-order valence-electron chi connectivity index (χ4n) is 0.811. The van der Waals surface area contributed by atoms with Gasteiger partial charge in [-0.25, -0.2) is 0 Å². The van der Waals surface area contributed by atoms with Gasteiger partial charge in [0.2, 0.25) is 0 Å². The monoisotopic (exact) mass is 238 g/mol. The van der Waals surface area contributed by atoms with Gasteiger partial charge in [0.1, 0.15) is 4.83 Å². The minimum atomic E-state index is -4.22. The van der Waals surface area contributed by atoms with Crippen molar-refractivity contribution in [3.05, 3.63) is 35.9 Å². The molecule has 0 saturated carbocycles. The largest absolute Gasteiger partial charge is 0.405 e. The molecule has 0 spiro atoms. The zero-order valence-corrected chi connectivity index (χ0v) is 7.56. The molecule has 0 aliphatic heterocycles. The Hall–Kier alpha value is -0.510. The summed E-state index contributed by atoms with van der Waals surface area (Å²) >= 11 is 2.58. The lowest BCUT2D eigenvalue weighted by Gasteiger charge is -2.13. The summed E-state index contributed by atoms with van der Waals surface area (Å²) in [5, 5.41) is 0. The molecule has 0 fully saturated rings. The molecule has 66 valence electrons. The molecule has 1 atom stereocenters. The molecular weight excluding hydrogens is 233 g/mol. The van der Waals surface area contributed by atoms with Crippen LogP contribution in [-0.2, 0) is 0 Å². The zero-order valence-electron chi connectivity index (χ0n) is 5.98. The third-order valence-electron chi connectivity index (χ3n) is 1.38. The van der Waals surface area contributed by atoms with Gasteiger partial charge < -0.3 is 0 Å². The maximum atomic E-state index is 12.1. The number of rotatable bonds is 1. The molecule has 0 aliphatic rings. The van der Waals surface area contributed by atoms with E-state index in [-0.39, 0.29) is 5.56 Å². The van der Waals surface area contributed by atoms with E-state index in [1.807, 2.05) is 0 Å². The van der Waals surface area contributed by atoms with Crippen molar-refractivity contribution >= 4 is 15.9 Å². The van der Waals surface area contributed by atoms with Gasteiger partial charge in [-0.3, -0.25) is 0 Å². The molecule has 0 unspecified atom stereocenters. The Morgan fingerprint density at radius 3 is 2.00 bits per heavy atom. The molecule has 0 bridgehead atoms. The summed E-state index contributed by atoms with van der Waals surface area (Å²) in [5.74, 6) is 0. The summed E-state index contributed by atoms with van der Waals surface area (Å²) in [5.41, 5.74) is 0.227. The maximum Gasteiger partial charge on any atom is 0.405 e. The van der Waals surface area contributed by atoms with E-state index >= 15 is 0 Å². The van der Waals surface area contributed by atoms with Gasteiger partial charge in [-0.1, -0.05) is 46.3 Å². The summed E-state index contributed by atoms with van der Waals surface area (Å²) in [7, 11) is 0. The molecule has 0 saturated heterocycles. The summed E-state index contributed by atoms with van der Waals surface area (Å²) < 4.78 is 36.3. The molecule has 0 N–H and O–H groups in total. The van der Waals surface area contributed by atoms with Gasteiger partial charge in [-0.05, 0) is 5.56 Å². The lowest BCUT2D eigenvalue weighted by atomic mass is 10.1. The first-order chi connectivity index (χ1) is 5.52. The van der Waals surface area contributed by atoms with Crippen LogP contribution >= 0.6 is 15.9 Å². The van der Waals surface area contributed by atoms with E-state index in [1.165, 1.54) is 12.1 Å². The van der Waals surface area contributed by atoms with E-state index < -0.39 is 11.0 Å². The van der Waals surface area contributed by atoms with E-state index in [1.54, 1.807) is 18.2 Å². The van der Waals surface area contributed by atoms with Gasteiger partial charge >= 0.3 is 6.18 Å². The molecule has 0 heterocycles. The maximum absolute atomic E-state index is 12.1. The van der Waals surface area contributed by atoms with Gasteiger partial charge in [0.25, 0.3) is 0 Å². The van der Waals surface area contributed by atoms with Crippen LogP contribution in [0.4, 0.5) is 13.2 Å². The van der Waals surface area contributed by atoms with Gasteiger partial charge in [-0.2, -0.15) is 13.2 Å². The number of hydrogen-bond acceptors (Lipinski definition) is 0. The second kappa shape index (κ2) is 3.47. The lowest BCUT2D eigenvalue weighted by Crippen LogP contribution is -2.14. The Balaban J connectivity index is 2.86. The number of hydrogen-bond donors (Lipinski definition) is 0. The minimum absolute atomic E-state index is 0.227. The molecule has 12 heavy (non-hydrogen) atoms. The van der Waals surface area contributed by atoms with Crippen molar-refractivity contribution in [2.75, 3.05) is 0 Å². The summed E-state index contributed by atoms with van der Waals surface area (Å²) in [4.78, 5) is -1.56. The van der Waals surface area contributed by atoms with E-state index in [0.717, 1.165) is 0 Å². The molecule has 1 aromatic carbocycles. The Labute approximate surface area is 76.5 Å². The standard InChI is InChI=1S/C8H6BrF3/c9-7(8(10,11)12)6-4-2-1-3-5-6/h1-5,7H/t7-/m0/s1. The van der Waals surface area contributed by atoms with E-state index in [2.05, 4.69) is 15.9 Å². The average Bonchev–Trinajstić information content (AvgIpc) is 2.03. The molecule has 1 aromatic rings. The van der Waals surface area contributed by atoms with E-state index in [0.29, 0.717) is 0 Å². The lowest BCUT2D eigenvalue weighted by molar-refractivity contribution is -0.128. The molecule has 0 amide bonds.